The van der Waals surface area contributed by atoms with E-state index in [0.717, 1.165) is 94.3 Å². The van der Waals surface area contributed by atoms with Crippen LogP contribution in [0, 0.1) is 13.8 Å². The van der Waals surface area contributed by atoms with E-state index in [-0.39, 0.29) is 51.8 Å². The summed E-state index contributed by atoms with van der Waals surface area (Å²) in [5, 5.41) is 25.9. The molecule has 2 aliphatic rings. The van der Waals surface area contributed by atoms with E-state index in [1.165, 1.54) is 0 Å². The second kappa shape index (κ2) is 18.5. The van der Waals surface area contributed by atoms with E-state index in [1.807, 2.05) is 71.8 Å². The van der Waals surface area contributed by atoms with Gasteiger partial charge in [-0.15, -0.1) is 0 Å². The number of rotatable bonds is 6. The number of aliphatic hydroxyl groups excluding tert-OH is 2. The van der Waals surface area contributed by atoms with Gasteiger partial charge in [-0.05, 0) is 77.1 Å². The summed E-state index contributed by atoms with van der Waals surface area (Å²) in [4.78, 5) is 20.4. The van der Waals surface area contributed by atoms with Crippen LogP contribution in [0.3, 0.4) is 0 Å². The van der Waals surface area contributed by atoms with Gasteiger partial charge in [-0.2, -0.15) is 0 Å². The van der Waals surface area contributed by atoms with Crippen LogP contribution in [0.4, 0.5) is 0 Å². The molecular formula is C38H43BN6NaO7. The largest absolute Gasteiger partial charge is 1.00 e. The number of hydrogen-bond donors (Lipinski definition) is 2. The van der Waals surface area contributed by atoms with Crippen molar-refractivity contribution in [2.75, 3.05) is 20.8 Å². The van der Waals surface area contributed by atoms with Crippen molar-refractivity contribution in [3.05, 3.63) is 95.5 Å². The topological polar surface area (TPSA) is 164 Å². The van der Waals surface area contributed by atoms with Crippen molar-refractivity contribution in [1.29, 1.82) is 0 Å². The number of methoxy groups -OCH3 is 2. The van der Waals surface area contributed by atoms with E-state index in [2.05, 4.69) is 20.3 Å². The van der Waals surface area contributed by atoms with Crippen LogP contribution in [-0.2, 0) is 12.8 Å². The fourth-order valence-electron chi connectivity index (χ4n) is 6.36. The van der Waals surface area contributed by atoms with Gasteiger partial charge in [0.15, 0.2) is 5.76 Å². The molecule has 8 rings (SSSR count). The molecule has 0 saturated carbocycles. The number of aliphatic hydroxyl groups is 2. The molecule has 6 aromatic rings. The minimum absolute atomic E-state index is 0. The molecule has 271 valence electrons. The molecule has 0 amide bonds. The second-order valence-corrected chi connectivity index (χ2v) is 12.3. The van der Waals surface area contributed by atoms with Gasteiger partial charge in [0.05, 0.1) is 49.6 Å². The maximum Gasteiger partial charge on any atom is 1.00 e. The third kappa shape index (κ3) is 8.85. The van der Waals surface area contributed by atoms with Crippen molar-refractivity contribution >= 4 is 14.2 Å². The molecule has 15 heteroatoms. The second-order valence-electron chi connectivity index (χ2n) is 12.3. The molecule has 4 heterocycles. The van der Waals surface area contributed by atoms with E-state index in [4.69, 9.17) is 23.6 Å². The summed E-state index contributed by atoms with van der Waals surface area (Å²) in [6.45, 7) is 5.82. The molecule has 0 aliphatic heterocycles. The minimum atomic E-state index is -0.551. The zero-order valence-corrected chi connectivity index (χ0v) is 33.0. The quantitative estimate of drug-likeness (QED) is 0.242. The number of aromatic nitrogens is 6. The Kier molecular flexibility index (Phi) is 14.4. The van der Waals surface area contributed by atoms with Crippen LogP contribution in [0.25, 0.3) is 33.9 Å². The number of ketones is 1. The molecular weight excluding hydrogens is 686 g/mol. The summed E-state index contributed by atoms with van der Waals surface area (Å²) in [5.41, 5.74) is 8.92. The van der Waals surface area contributed by atoms with E-state index < -0.39 is 6.10 Å². The van der Waals surface area contributed by atoms with Gasteiger partial charge in [-0.25, -0.2) is 9.97 Å². The van der Waals surface area contributed by atoms with Crippen molar-refractivity contribution in [1.82, 2.24) is 29.4 Å². The number of carbonyl (C=O) groups excluding carboxylic acids is 1. The van der Waals surface area contributed by atoms with Gasteiger partial charge >= 0.3 is 29.6 Å². The number of ether oxygens (including phenoxy) is 2. The van der Waals surface area contributed by atoms with Crippen LogP contribution in [0.5, 0.6) is 11.5 Å². The molecule has 0 saturated heterocycles. The smallest absolute Gasteiger partial charge is 1.00 e. The fourth-order valence-corrected chi connectivity index (χ4v) is 6.36. The number of nitrogens with zero attached hydrogens (tertiary/aromatic N) is 6. The fraction of sp³-hybridized carbons (Fsp3) is 0.342. The third-order valence-corrected chi connectivity index (χ3v) is 8.78. The number of hydrogen-bond acceptors (Lipinski definition) is 11. The standard InChI is InChI=1S/C18H19N3O3.C18H17N3O3.C2H6O.B.Na.H/c2*1-11-9-21(10-19-11)14-7-6-12(8-16(14)23-2)17-13-4-3-5-15(22)18(13)24-20-17;1-2-3;;;/h6-10,15,22H,3-5H2,1-2H3;6-10H,3-5H2,1-2H3;3H,2H2,1H3;;;/q;;;;+1;-1. The van der Waals surface area contributed by atoms with Crippen molar-refractivity contribution in [2.45, 2.75) is 65.4 Å². The number of imidazole rings is 2. The molecule has 3 radical (unpaired) electrons. The van der Waals surface area contributed by atoms with Crippen molar-refractivity contribution in [3.8, 4) is 45.4 Å². The van der Waals surface area contributed by atoms with E-state index in [9.17, 15) is 9.90 Å². The van der Waals surface area contributed by atoms with Gasteiger partial charge in [0, 0.05) is 56.1 Å². The van der Waals surface area contributed by atoms with Crippen LogP contribution in [0.2, 0.25) is 0 Å². The minimum Gasteiger partial charge on any atom is -1.00 e. The monoisotopic (exact) mass is 729 g/mol. The average molecular weight is 730 g/mol. The first-order valence-corrected chi connectivity index (χ1v) is 16.9. The molecule has 1 unspecified atom stereocenters. The van der Waals surface area contributed by atoms with Crippen LogP contribution < -0.4 is 39.0 Å². The Labute approximate surface area is 333 Å². The molecule has 0 bridgehead atoms. The van der Waals surface area contributed by atoms with Gasteiger partial charge < -0.3 is 39.3 Å². The van der Waals surface area contributed by atoms with Crippen LogP contribution in [0.1, 0.15) is 79.0 Å². The van der Waals surface area contributed by atoms with E-state index in [0.29, 0.717) is 23.7 Å². The molecule has 0 fully saturated rings. The summed E-state index contributed by atoms with van der Waals surface area (Å²) in [6, 6.07) is 11.8. The molecule has 53 heavy (non-hydrogen) atoms. The Bertz CT molecular complexity index is 2150. The summed E-state index contributed by atoms with van der Waals surface area (Å²) in [5.74, 6) is 2.49. The Morgan fingerprint density at radius 3 is 1.85 bits per heavy atom. The Morgan fingerprint density at radius 2 is 1.34 bits per heavy atom. The average Bonchev–Trinajstić information content (AvgIpc) is 3.96. The van der Waals surface area contributed by atoms with Crippen LogP contribution >= 0.6 is 0 Å². The van der Waals surface area contributed by atoms with Gasteiger partial charge in [-0.3, -0.25) is 4.79 Å². The zero-order valence-electron chi connectivity index (χ0n) is 32.0. The maximum absolute atomic E-state index is 11.9. The number of carbonyl (C=O) groups is 1. The predicted octanol–water partition coefficient (Wildman–Crippen LogP) is 3.31. The number of aryl methyl sites for hydroxylation is 2. The summed E-state index contributed by atoms with van der Waals surface area (Å²) < 4.78 is 25.6. The first-order chi connectivity index (χ1) is 24.8. The Hall–Kier alpha value is -4.47. The molecule has 13 nitrogen and oxygen atoms in total. The van der Waals surface area contributed by atoms with Gasteiger partial charge in [-0.1, -0.05) is 22.4 Å². The van der Waals surface area contributed by atoms with Crippen molar-refractivity contribution in [3.63, 3.8) is 0 Å². The molecule has 4 aromatic heterocycles. The third-order valence-electron chi connectivity index (χ3n) is 8.78. The Morgan fingerprint density at radius 1 is 0.830 bits per heavy atom. The number of fused-ring (bicyclic) bond motifs is 2. The molecule has 2 aliphatic carbocycles. The molecule has 0 spiro atoms. The van der Waals surface area contributed by atoms with Crippen LogP contribution in [0.15, 0.2) is 70.5 Å². The summed E-state index contributed by atoms with van der Waals surface area (Å²) in [6.07, 6.45) is 11.6. The SMILES string of the molecule is CCO.COc1cc(-c2noc3c2CCCC3=O)ccc1-n1cnc(C)c1.COc1cc(-c2noc3c2CCCC3O)ccc1-n1cnc(C)c1.[B].[H-].[Na+]. The molecule has 1 atom stereocenters. The van der Waals surface area contributed by atoms with E-state index >= 15 is 0 Å². The first kappa shape index (κ1) is 41.3. The van der Waals surface area contributed by atoms with Crippen molar-refractivity contribution < 1.29 is 64.5 Å². The van der Waals surface area contributed by atoms with Crippen LogP contribution in [-0.4, -0.2) is 74.7 Å². The molecule has 2 aromatic carbocycles. The molecule has 2 N–H and O–H groups in total. The number of Topliss-reactive ketones (excluding diaryl/α,β-unsaturated/α-hetero) is 1. The summed E-state index contributed by atoms with van der Waals surface area (Å²) >= 11 is 0. The van der Waals surface area contributed by atoms with Gasteiger partial charge in [0.2, 0.25) is 11.5 Å². The van der Waals surface area contributed by atoms with Crippen molar-refractivity contribution in [2.24, 2.45) is 0 Å². The first-order valence-electron chi connectivity index (χ1n) is 16.9. The predicted molar refractivity (Wildman–Crippen MR) is 195 cm³/mol. The normalized spacial score (nSPS) is 14.2. The zero-order chi connectivity index (χ0) is 36.1. The summed E-state index contributed by atoms with van der Waals surface area (Å²) in [7, 11) is 3.28. The van der Waals surface area contributed by atoms with E-state index in [1.54, 1.807) is 33.8 Å². The van der Waals surface area contributed by atoms with Gasteiger partial charge in [0.1, 0.15) is 29.0 Å². The number of benzene rings is 2. The van der Waals surface area contributed by atoms with Gasteiger partial charge in [0.25, 0.3) is 0 Å². The Balaban J connectivity index is 0.000000257. The maximum atomic E-state index is 11.9.